The second-order valence-corrected chi connectivity index (χ2v) is 7.72. The molecule has 0 unspecified atom stereocenters. The number of carbonyl (C=O) groups is 1. The summed E-state index contributed by atoms with van der Waals surface area (Å²) in [5.41, 5.74) is 0.914. The van der Waals surface area contributed by atoms with Gasteiger partial charge in [-0.15, -0.1) is 11.3 Å². The lowest BCUT2D eigenvalue weighted by Gasteiger charge is -2.13. The van der Waals surface area contributed by atoms with Gasteiger partial charge in [-0.05, 0) is 31.4 Å². The molecule has 3 heterocycles. The van der Waals surface area contributed by atoms with Crippen molar-refractivity contribution in [2.45, 2.75) is 39.3 Å². The number of aryl methyl sites for hydroxylation is 2. The van der Waals surface area contributed by atoms with Gasteiger partial charge in [-0.1, -0.05) is 12.1 Å². The molecule has 3 aromatic rings. The molecule has 1 atom stereocenters. The van der Waals surface area contributed by atoms with E-state index in [1.165, 1.54) is 12.1 Å². The fourth-order valence-electron chi connectivity index (χ4n) is 3.44. The zero-order valence-electron chi connectivity index (χ0n) is 15.3. The number of nitro benzene ring substituents is 1. The van der Waals surface area contributed by atoms with Crippen molar-refractivity contribution in [3.8, 4) is 0 Å². The third-order valence-corrected chi connectivity index (χ3v) is 6.10. The Morgan fingerprint density at radius 3 is 2.96 bits per heavy atom. The van der Waals surface area contributed by atoms with Crippen LogP contribution in [0, 0.1) is 17.0 Å². The molecule has 0 N–H and O–H groups in total. The summed E-state index contributed by atoms with van der Waals surface area (Å²) in [6.07, 6.45) is 0.982. The van der Waals surface area contributed by atoms with Crippen LogP contribution in [0.2, 0.25) is 0 Å². The van der Waals surface area contributed by atoms with Crippen molar-refractivity contribution in [2.75, 3.05) is 0 Å². The van der Waals surface area contributed by atoms with E-state index < -0.39 is 17.0 Å². The number of rotatable bonds is 4. The van der Waals surface area contributed by atoms with E-state index in [1.54, 1.807) is 30.5 Å². The molecular weight excluding hydrogens is 382 g/mol. The largest absolute Gasteiger partial charge is 0.454 e. The molecule has 0 saturated carbocycles. The van der Waals surface area contributed by atoms with Crippen LogP contribution in [0.5, 0.6) is 0 Å². The zero-order valence-corrected chi connectivity index (χ0v) is 16.1. The number of esters is 1. The van der Waals surface area contributed by atoms with Crippen LogP contribution in [0.15, 0.2) is 29.1 Å². The number of nitro groups is 1. The van der Waals surface area contributed by atoms with Crippen LogP contribution < -0.4 is 5.56 Å². The number of fused-ring (bicyclic) bond motifs is 2. The molecule has 0 radical (unpaired) electrons. The van der Waals surface area contributed by atoms with Gasteiger partial charge in [0.05, 0.1) is 10.3 Å². The Balaban J connectivity index is 1.65. The normalized spacial score (nSPS) is 14.1. The third-order valence-electron chi connectivity index (χ3n) is 4.93. The molecule has 144 valence electrons. The summed E-state index contributed by atoms with van der Waals surface area (Å²) < 4.78 is 7.19. The summed E-state index contributed by atoms with van der Waals surface area (Å²) in [6, 6.07) is 5.98. The molecule has 9 heteroatoms. The number of ether oxygens (including phenoxy) is 1. The van der Waals surface area contributed by atoms with E-state index in [9.17, 15) is 19.7 Å². The first-order valence-corrected chi connectivity index (χ1v) is 9.66. The number of nitrogens with zero attached hydrogens (tertiary/aromatic N) is 3. The highest BCUT2D eigenvalue weighted by molar-refractivity contribution is 7.20. The van der Waals surface area contributed by atoms with Gasteiger partial charge in [0, 0.05) is 25.1 Å². The van der Waals surface area contributed by atoms with Gasteiger partial charge in [0.2, 0.25) is 0 Å². The lowest BCUT2D eigenvalue weighted by atomic mass is 10.1. The van der Waals surface area contributed by atoms with Crippen molar-refractivity contribution in [1.29, 1.82) is 0 Å². The second-order valence-electron chi connectivity index (χ2n) is 6.72. The monoisotopic (exact) mass is 399 g/mol. The quantitative estimate of drug-likeness (QED) is 0.378. The first kappa shape index (κ1) is 18.3. The summed E-state index contributed by atoms with van der Waals surface area (Å²) >= 11 is 1.15. The summed E-state index contributed by atoms with van der Waals surface area (Å²) in [7, 11) is 0. The van der Waals surface area contributed by atoms with Gasteiger partial charge >= 0.3 is 5.97 Å². The predicted molar refractivity (Wildman–Crippen MR) is 104 cm³/mol. The molecule has 1 aromatic carbocycles. The third kappa shape index (κ3) is 2.97. The molecule has 0 saturated heterocycles. The van der Waals surface area contributed by atoms with Gasteiger partial charge in [-0.3, -0.25) is 19.5 Å². The molecule has 28 heavy (non-hydrogen) atoms. The van der Waals surface area contributed by atoms with E-state index in [0.717, 1.165) is 30.0 Å². The number of hydrogen-bond donors (Lipinski definition) is 0. The fraction of sp³-hybridized carbons (Fsp3) is 0.316. The number of carbonyl (C=O) groups excluding carboxylic acids is 1. The maximum atomic E-state index is 12.7. The highest BCUT2D eigenvalue weighted by Crippen LogP contribution is 2.31. The molecule has 1 aliphatic rings. The average molecular weight is 399 g/mol. The van der Waals surface area contributed by atoms with Crippen molar-refractivity contribution >= 4 is 33.2 Å². The Morgan fingerprint density at radius 1 is 1.43 bits per heavy atom. The van der Waals surface area contributed by atoms with E-state index in [-0.39, 0.29) is 11.2 Å². The zero-order chi connectivity index (χ0) is 20.0. The van der Waals surface area contributed by atoms with Crippen molar-refractivity contribution in [3.05, 3.63) is 66.6 Å². The summed E-state index contributed by atoms with van der Waals surface area (Å²) in [5.74, 6) is 0.188. The molecule has 0 fully saturated rings. The molecule has 0 spiro atoms. The van der Waals surface area contributed by atoms with Crippen LogP contribution in [-0.2, 0) is 17.7 Å². The number of benzene rings is 1. The molecule has 1 aliphatic heterocycles. The SMILES string of the molecule is Cc1c(C(=O)O[C@@H](C)c2cccc([N+](=O)[O-])c2)sc2nc3n(c(=O)c12)CCC3. The van der Waals surface area contributed by atoms with Crippen molar-refractivity contribution in [1.82, 2.24) is 9.55 Å². The molecular formula is C19H17N3O5S. The Bertz CT molecular complexity index is 1180. The Hall–Kier alpha value is -3.07. The van der Waals surface area contributed by atoms with Crippen LogP contribution in [0.1, 0.15) is 46.1 Å². The van der Waals surface area contributed by atoms with Crippen LogP contribution in [0.25, 0.3) is 10.2 Å². The minimum Gasteiger partial charge on any atom is -0.454 e. The standard InChI is InChI=1S/C19H17N3O5S/c1-10-15-17(20-14-7-4-8-21(14)18(15)23)28-16(10)19(24)27-11(2)12-5-3-6-13(9-12)22(25)26/h3,5-6,9,11H,4,7-8H2,1-2H3/t11-/m0/s1. The lowest BCUT2D eigenvalue weighted by Crippen LogP contribution is -2.20. The number of hydrogen-bond acceptors (Lipinski definition) is 7. The first-order chi connectivity index (χ1) is 13.4. The van der Waals surface area contributed by atoms with Gasteiger partial charge in [-0.2, -0.15) is 0 Å². The summed E-state index contributed by atoms with van der Waals surface area (Å²) in [5, 5.41) is 11.4. The van der Waals surface area contributed by atoms with Crippen molar-refractivity contribution < 1.29 is 14.5 Å². The molecule has 0 bridgehead atoms. The van der Waals surface area contributed by atoms with Crippen LogP contribution in [0.3, 0.4) is 0 Å². The van der Waals surface area contributed by atoms with E-state index in [4.69, 9.17) is 4.74 Å². The van der Waals surface area contributed by atoms with Crippen LogP contribution >= 0.6 is 11.3 Å². The van der Waals surface area contributed by atoms with Gasteiger partial charge in [0.15, 0.2) is 0 Å². The fourth-order valence-corrected chi connectivity index (χ4v) is 4.52. The second kappa shape index (κ2) is 6.83. The summed E-state index contributed by atoms with van der Waals surface area (Å²) in [4.78, 5) is 41.3. The lowest BCUT2D eigenvalue weighted by molar-refractivity contribution is -0.385. The Morgan fingerprint density at radius 2 is 2.21 bits per heavy atom. The maximum absolute atomic E-state index is 12.7. The smallest absolute Gasteiger partial charge is 0.349 e. The average Bonchev–Trinajstić information content (AvgIpc) is 3.27. The summed E-state index contributed by atoms with van der Waals surface area (Å²) in [6.45, 7) is 4.02. The molecule has 2 aromatic heterocycles. The van der Waals surface area contributed by atoms with Crippen LogP contribution in [-0.4, -0.2) is 20.4 Å². The van der Waals surface area contributed by atoms with E-state index >= 15 is 0 Å². The number of thiophene rings is 1. The molecule has 8 nitrogen and oxygen atoms in total. The predicted octanol–water partition coefficient (Wildman–Crippen LogP) is 3.54. The van der Waals surface area contributed by atoms with Gasteiger partial charge in [0.25, 0.3) is 11.2 Å². The molecule has 4 rings (SSSR count). The number of aromatic nitrogens is 2. The maximum Gasteiger partial charge on any atom is 0.349 e. The van der Waals surface area contributed by atoms with Crippen molar-refractivity contribution in [3.63, 3.8) is 0 Å². The highest BCUT2D eigenvalue weighted by atomic mass is 32.1. The Labute approximate surface area is 163 Å². The number of non-ortho nitro benzene ring substituents is 1. The van der Waals surface area contributed by atoms with E-state index in [1.807, 2.05) is 0 Å². The minimum absolute atomic E-state index is 0.0646. The van der Waals surface area contributed by atoms with Crippen molar-refractivity contribution in [2.24, 2.45) is 0 Å². The van der Waals surface area contributed by atoms with E-state index in [0.29, 0.717) is 32.8 Å². The Kier molecular flexibility index (Phi) is 4.46. The van der Waals surface area contributed by atoms with Gasteiger partial charge in [-0.25, -0.2) is 9.78 Å². The highest BCUT2D eigenvalue weighted by Gasteiger charge is 2.25. The minimum atomic E-state index is -0.670. The van der Waals surface area contributed by atoms with Gasteiger partial charge < -0.3 is 4.74 Å². The topological polar surface area (TPSA) is 104 Å². The molecule has 0 aliphatic carbocycles. The van der Waals surface area contributed by atoms with E-state index in [2.05, 4.69) is 4.98 Å². The van der Waals surface area contributed by atoms with Crippen LogP contribution in [0.4, 0.5) is 5.69 Å². The van der Waals surface area contributed by atoms with Gasteiger partial charge in [0.1, 0.15) is 21.6 Å². The molecule has 0 amide bonds. The first-order valence-electron chi connectivity index (χ1n) is 8.85.